The molecule has 12 heteroatoms. The number of hydrogen-bond acceptors (Lipinski definition) is 8. The number of ketones is 2. The molecule has 0 spiro atoms. The molecule has 0 unspecified atom stereocenters. The first kappa shape index (κ1) is 28.8. The molecule has 2 aliphatic rings. The fraction of sp³-hybridized carbons (Fsp3) is 0.0556. The van der Waals surface area contributed by atoms with Crippen molar-refractivity contribution >= 4 is 98.3 Å². The first-order valence-electron chi connectivity index (χ1n) is 14.3. The predicted molar refractivity (Wildman–Crippen MR) is 187 cm³/mol. The Morgan fingerprint density at radius 1 is 0.729 bits per heavy atom. The number of nitriles is 2. The third-order valence-electron chi connectivity index (χ3n) is 8.57. The minimum atomic E-state index is -0.333. The van der Waals surface area contributed by atoms with Crippen molar-refractivity contribution in [2.24, 2.45) is 24.1 Å². The Balaban J connectivity index is 1.26. The lowest BCUT2D eigenvalue weighted by Gasteiger charge is -2.04. The van der Waals surface area contributed by atoms with Gasteiger partial charge in [-0.1, -0.05) is 48.5 Å². The highest BCUT2D eigenvalue weighted by atomic mass is 32.1. The summed E-state index contributed by atoms with van der Waals surface area (Å²) in [6.07, 6.45) is 0. The van der Waals surface area contributed by atoms with Crippen molar-refractivity contribution in [3.05, 3.63) is 117 Å². The van der Waals surface area contributed by atoms with Crippen LogP contribution in [0.2, 0.25) is 0 Å². The molecule has 0 atom stereocenters. The van der Waals surface area contributed by atoms with Gasteiger partial charge >= 0.3 is 0 Å². The monoisotopic (exact) mass is 656 g/mol. The van der Waals surface area contributed by atoms with E-state index in [9.17, 15) is 20.1 Å². The molecular weight excluding hydrogens is 641 g/mol. The number of thiophene rings is 2. The Morgan fingerprint density at radius 3 is 1.81 bits per heavy atom. The second-order valence-corrected chi connectivity index (χ2v) is 13.1. The third kappa shape index (κ3) is 3.79. The van der Waals surface area contributed by atoms with Crippen LogP contribution < -0.4 is 0 Å². The zero-order valence-corrected chi connectivity index (χ0v) is 26.6. The first-order valence-corrected chi connectivity index (χ1v) is 15.9. The molecule has 0 aliphatic heterocycles. The molecule has 8 rings (SSSR count). The fourth-order valence-electron chi connectivity index (χ4n) is 6.44. The minimum Gasteiger partial charge on any atom is -0.340 e. The summed E-state index contributed by atoms with van der Waals surface area (Å²) in [5.41, 5.74) is 4.95. The molecule has 0 bridgehead atoms. The summed E-state index contributed by atoms with van der Waals surface area (Å²) >= 11 is 2.98. The predicted octanol–water partition coefficient (Wildman–Crippen LogP) is 8.19. The Labute approximate surface area is 280 Å². The van der Waals surface area contributed by atoms with Crippen LogP contribution in [0.15, 0.2) is 82.0 Å². The van der Waals surface area contributed by atoms with Crippen molar-refractivity contribution in [1.82, 2.24) is 9.13 Å². The van der Waals surface area contributed by atoms with Gasteiger partial charge in [-0.15, -0.1) is 22.7 Å². The Kier molecular flexibility index (Phi) is 6.24. The number of carbonyl (C=O) groups excluding carboxylic acids is 2. The number of rotatable bonds is 2. The Bertz CT molecular complexity index is 2800. The number of aromatic nitrogens is 2. The topological polar surface area (TPSA) is 125 Å². The zero-order valence-electron chi connectivity index (χ0n) is 25.0. The van der Waals surface area contributed by atoms with Gasteiger partial charge in [0.1, 0.15) is 22.2 Å². The van der Waals surface area contributed by atoms with Crippen LogP contribution in [0.3, 0.4) is 0 Å². The van der Waals surface area contributed by atoms with E-state index < -0.39 is 0 Å². The molecule has 6 aromatic rings. The molecule has 48 heavy (non-hydrogen) atoms. The van der Waals surface area contributed by atoms with Gasteiger partial charge in [-0.2, -0.15) is 0 Å². The van der Waals surface area contributed by atoms with Crippen LogP contribution >= 0.6 is 22.7 Å². The second-order valence-electron chi connectivity index (χ2n) is 11.0. The lowest BCUT2D eigenvalue weighted by Crippen LogP contribution is -2.08. The van der Waals surface area contributed by atoms with Crippen LogP contribution in [0.5, 0.6) is 0 Å². The van der Waals surface area contributed by atoms with Gasteiger partial charge in [0.25, 0.3) is 11.4 Å². The summed E-state index contributed by atoms with van der Waals surface area (Å²) in [6.45, 7) is 15.1. The molecule has 10 nitrogen and oxygen atoms in total. The van der Waals surface area contributed by atoms with Crippen LogP contribution in [-0.2, 0) is 14.1 Å². The molecule has 4 heterocycles. The summed E-state index contributed by atoms with van der Waals surface area (Å²) < 4.78 is 6.88. The van der Waals surface area contributed by atoms with E-state index in [2.05, 4.69) is 14.3 Å². The van der Waals surface area contributed by atoms with Gasteiger partial charge in [-0.3, -0.25) is 9.59 Å². The minimum absolute atomic E-state index is 0.0691. The largest absolute Gasteiger partial charge is 0.340 e. The normalized spacial score (nSPS) is 17.5. The maximum Gasteiger partial charge on any atom is 0.271 e. The van der Waals surface area contributed by atoms with E-state index in [1.165, 1.54) is 11.3 Å². The highest BCUT2D eigenvalue weighted by molar-refractivity contribution is 7.32. The second kappa shape index (κ2) is 10.4. The van der Waals surface area contributed by atoms with Gasteiger partial charge in [0.15, 0.2) is 0 Å². The summed E-state index contributed by atoms with van der Waals surface area (Å²) in [5.74, 6) is -0.145. The van der Waals surface area contributed by atoms with Crippen LogP contribution in [0.4, 0.5) is 10.8 Å². The summed E-state index contributed by atoms with van der Waals surface area (Å²) in [6, 6.07) is 21.5. The first-order chi connectivity index (χ1) is 23.3. The number of benzene rings is 2. The van der Waals surface area contributed by atoms with Crippen molar-refractivity contribution in [3.8, 4) is 12.1 Å². The standard InChI is InChI=1S/C36H16N8O2S2/c1-39-21(15-37)27-17-9-5-7-11-19(17)33(45)29(27)41-25-14-24-31(44(25)4)32-36(47-24)35-23(43(32)3)13-26(48-35)42-30-28(22(16-38)40-2)18-10-6-8-12-20(18)34(30)46/h5-14H,3-4H3/b27-21+,28-22?,41-29?,42-30?. The average molecular weight is 657 g/mol. The Morgan fingerprint density at radius 2 is 1.27 bits per heavy atom. The number of Topliss-reactive ketones (excluding diaryl/α,β-unsaturated/α-hetero) is 2. The van der Waals surface area contributed by atoms with E-state index in [4.69, 9.17) is 23.1 Å². The highest BCUT2D eigenvalue weighted by Gasteiger charge is 2.35. The number of carbonyl (C=O) groups is 2. The molecule has 4 aromatic heterocycles. The highest BCUT2D eigenvalue weighted by Crippen LogP contribution is 2.48. The van der Waals surface area contributed by atoms with Gasteiger partial charge in [-0.05, 0) is 17.2 Å². The van der Waals surface area contributed by atoms with Gasteiger partial charge in [0.2, 0.25) is 11.6 Å². The SMILES string of the molecule is [C-]#[N+]C(C#N)=C1C(=Nc2cc3c(s2)c2sc4cc(N=C5C(=O)c6ccccc6/C5=C(/C#N)[N+]#[C-])n(C)c4c2n3C)C(=O)c2ccccc21. The van der Waals surface area contributed by atoms with Crippen molar-refractivity contribution < 1.29 is 9.59 Å². The van der Waals surface area contributed by atoms with E-state index in [0.717, 1.165) is 30.6 Å². The lowest BCUT2D eigenvalue weighted by atomic mass is 10.1. The van der Waals surface area contributed by atoms with E-state index in [1.54, 1.807) is 59.9 Å². The van der Waals surface area contributed by atoms with E-state index in [-0.39, 0.29) is 45.5 Å². The zero-order chi connectivity index (χ0) is 33.4. The third-order valence-corrected chi connectivity index (χ3v) is 10.9. The van der Waals surface area contributed by atoms with E-state index >= 15 is 0 Å². The molecule has 0 N–H and O–H groups in total. The molecule has 2 aromatic carbocycles. The van der Waals surface area contributed by atoms with Crippen molar-refractivity contribution in [3.63, 3.8) is 0 Å². The molecular formula is C36H16N8O2S2. The Hall–Kier alpha value is -6.70. The van der Waals surface area contributed by atoms with Crippen LogP contribution in [-0.4, -0.2) is 32.1 Å². The molecule has 0 fully saturated rings. The number of fused-ring (bicyclic) bond motifs is 7. The maximum atomic E-state index is 13.4. The van der Waals surface area contributed by atoms with Crippen LogP contribution in [0.25, 0.3) is 51.5 Å². The maximum absolute atomic E-state index is 13.4. The molecule has 2 aliphatic carbocycles. The summed E-state index contributed by atoms with van der Waals surface area (Å²) in [5, 5.41) is 19.9. The van der Waals surface area contributed by atoms with E-state index in [1.807, 2.05) is 42.9 Å². The van der Waals surface area contributed by atoms with Crippen LogP contribution in [0, 0.1) is 35.8 Å². The van der Waals surface area contributed by atoms with Crippen molar-refractivity contribution in [2.75, 3.05) is 0 Å². The quantitative estimate of drug-likeness (QED) is 0.138. The number of nitrogens with zero attached hydrogens (tertiary/aromatic N) is 8. The molecule has 0 saturated carbocycles. The number of hydrogen-bond donors (Lipinski definition) is 0. The summed E-state index contributed by atoms with van der Waals surface area (Å²) in [4.78, 5) is 43.1. The molecule has 0 saturated heterocycles. The molecule has 0 radical (unpaired) electrons. The number of allylic oxidation sites excluding steroid dienone is 4. The van der Waals surface area contributed by atoms with Gasteiger partial charge in [-0.25, -0.2) is 30.2 Å². The van der Waals surface area contributed by atoms with Crippen LogP contribution in [0.1, 0.15) is 31.8 Å². The fourth-order valence-corrected chi connectivity index (χ4v) is 8.94. The van der Waals surface area contributed by atoms with Crippen molar-refractivity contribution in [2.45, 2.75) is 0 Å². The number of aryl methyl sites for hydroxylation is 2. The lowest BCUT2D eigenvalue weighted by molar-refractivity contribution is 0.106. The average Bonchev–Trinajstić information content (AvgIpc) is 3.91. The summed E-state index contributed by atoms with van der Waals surface area (Å²) in [7, 11) is 3.81. The van der Waals surface area contributed by atoms with Gasteiger partial charge < -0.3 is 9.13 Å². The van der Waals surface area contributed by atoms with Gasteiger partial charge in [0.05, 0.1) is 55.9 Å². The molecule has 224 valence electrons. The smallest absolute Gasteiger partial charge is 0.271 e. The van der Waals surface area contributed by atoms with Crippen molar-refractivity contribution in [1.29, 1.82) is 10.5 Å². The van der Waals surface area contributed by atoms with Gasteiger partial charge in [0, 0.05) is 42.4 Å². The van der Waals surface area contributed by atoms with E-state index in [0.29, 0.717) is 33.1 Å². The molecule has 0 amide bonds. The number of aliphatic imine (C=N–C) groups is 2.